The third-order valence-electron chi connectivity index (χ3n) is 12.3. The van der Waals surface area contributed by atoms with Crippen LogP contribution < -0.4 is 5.32 Å². The maximum atomic E-state index is 13.1. The summed E-state index contributed by atoms with van der Waals surface area (Å²) in [6.45, 7) is 1.61. The van der Waals surface area contributed by atoms with Crippen LogP contribution in [0.1, 0.15) is 136 Å². The number of amides is 1. The van der Waals surface area contributed by atoms with Crippen LogP contribution in [0.15, 0.2) is 12.2 Å². The molecular formula is C45H83NO18. The Labute approximate surface area is 378 Å². The van der Waals surface area contributed by atoms with Gasteiger partial charge in [-0.3, -0.25) is 4.79 Å². The predicted octanol–water partition coefficient (Wildman–Crippen LogP) is 0.305. The third kappa shape index (κ3) is 18.2. The van der Waals surface area contributed by atoms with Gasteiger partial charge >= 0.3 is 0 Å². The van der Waals surface area contributed by atoms with E-state index in [1.54, 1.807) is 6.08 Å². The van der Waals surface area contributed by atoms with Gasteiger partial charge in [0.2, 0.25) is 5.91 Å². The summed E-state index contributed by atoms with van der Waals surface area (Å²) in [6, 6.07) is -0.962. The van der Waals surface area contributed by atoms with Gasteiger partial charge in [0, 0.05) is 6.42 Å². The highest BCUT2D eigenvalue weighted by molar-refractivity contribution is 5.76. The van der Waals surface area contributed by atoms with Crippen molar-refractivity contribution in [1.29, 1.82) is 0 Å². The lowest BCUT2D eigenvalue weighted by molar-refractivity contribution is -0.379. The van der Waals surface area contributed by atoms with E-state index in [9.17, 15) is 61.0 Å². The second-order valence-electron chi connectivity index (χ2n) is 17.6. The molecule has 1 amide bonds. The number of nitrogens with one attached hydrogen (secondary N) is 1. The molecule has 19 heteroatoms. The molecule has 0 bridgehead atoms. The summed E-state index contributed by atoms with van der Waals surface area (Å²) in [4.78, 5) is 13.1. The van der Waals surface area contributed by atoms with Crippen LogP contribution >= 0.6 is 0 Å². The third-order valence-corrected chi connectivity index (χ3v) is 12.3. The van der Waals surface area contributed by atoms with Crippen LogP contribution in [0, 0.1) is 0 Å². The Balaban J connectivity index is 1.60. The van der Waals surface area contributed by atoms with E-state index in [1.165, 1.54) is 64.2 Å². The molecule has 19 nitrogen and oxygen atoms in total. The van der Waals surface area contributed by atoms with Crippen LogP contribution in [0.5, 0.6) is 0 Å². The van der Waals surface area contributed by atoms with Crippen molar-refractivity contribution >= 4 is 5.91 Å². The lowest BCUT2D eigenvalue weighted by Crippen LogP contribution is -2.66. The van der Waals surface area contributed by atoms with Crippen LogP contribution in [-0.4, -0.2) is 193 Å². The van der Waals surface area contributed by atoms with Gasteiger partial charge in [-0.15, -0.1) is 0 Å². The van der Waals surface area contributed by atoms with Crippen molar-refractivity contribution < 1.29 is 89.4 Å². The van der Waals surface area contributed by atoms with Crippen LogP contribution in [-0.2, 0) is 33.2 Å². The smallest absolute Gasteiger partial charge is 0.220 e. The van der Waals surface area contributed by atoms with E-state index in [0.717, 1.165) is 44.9 Å². The van der Waals surface area contributed by atoms with Crippen molar-refractivity contribution in [3.8, 4) is 0 Å². The van der Waals surface area contributed by atoms with Gasteiger partial charge in [-0.25, -0.2) is 0 Å². The number of carbonyl (C=O) groups excluding carboxylic acids is 1. The number of unbranched alkanes of at least 4 members (excludes halogenated alkanes) is 16. The lowest BCUT2D eigenvalue weighted by Gasteiger charge is -2.48. The highest BCUT2D eigenvalue weighted by Gasteiger charge is 2.53. The van der Waals surface area contributed by atoms with Gasteiger partial charge < -0.3 is 89.9 Å². The van der Waals surface area contributed by atoms with E-state index < -0.39 is 124 Å². The molecule has 0 aromatic heterocycles. The number of ether oxygens (including phenoxy) is 6. The quantitative estimate of drug-likeness (QED) is 0.0319. The molecule has 0 aromatic rings. The van der Waals surface area contributed by atoms with Crippen LogP contribution in [0.4, 0.5) is 0 Å². The Morgan fingerprint density at radius 3 is 1.47 bits per heavy atom. The first-order chi connectivity index (χ1) is 30.8. The Kier molecular flexibility index (Phi) is 28.0. The molecule has 0 saturated carbocycles. The number of hydrogen-bond acceptors (Lipinski definition) is 18. The molecule has 17 unspecified atom stereocenters. The summed E-state index contributed by atoms with van der Waals surface area (Å²) >= 11 is 0. The fraction of sp³-hybridized carbons (Fsp3) is 0.933. The highest BCUT2D eigenvalue weighted by Crippen LogP contribution is 2.33. The van der Waals surface area contributed by atoms with Crippen molar-refractivity contribution in [2.24, 2.45) is 0 Å². The molecule has 0 aromatic carbocycles. The summed E-state index contributed by atoms with van der Waals surface area (Å²) in [7, 11) is 0. The van der Waals surface area contributed by atoms with E-state index in [4.69, 9.17) is 28.4 Å². The molecule has 12 N–H and O–H groups in total. The number of allylic oxidation sites excluding steroid dienone is 1. The molecule has 376 valence electrons. The molecule has 3 aliphatic heterocycles. The van der Waals surface area contributed by atoms with Gasteiger partial charge in [-0.2, -0.15) is 0 Å². The maximum absolute atomic E-state index is 13.1. The Morgan fingerprint density at radius 1 is 0.547 bits per heavy atom. The van der Waals surface area contributed by atoms with Gasteiger partial charge in [0.1, 0.15) is 73.2 Å². The zero-order chi connectivity index (χ0) is 47.0. The normalized spacial score (nSPS) is 34.5. The van der Waals surface area contributed by atoms with Gasteiger partial charge in [-0.05, 0) is 19.3 Å². The predicted molar refractivity (Wildman–Crippen MR) is 231 cm³/mol. The van der Waals surface area contributed by atoms with Crippen molar-refractivity contribution in [2.45, 2.75) is 240 Å². The lowest BCUT2D eigenvalue weighted by atomic mass is 9.96. The van der Waals surface area contributed by atoms with Gasteiger partial charge in [0.15, 0.2) is 18.9 Å². The van der Waals surface area contributed by atoms with Crippen molar-refractivity contribution in [3.63, 3.8) is 0 Å². The Morgan fingerprint density at radius 2 is 0.969 bits per heavy atom. The summed E-state index contributed by atoms with van der Waals surface area (Å²) < 4.78 is 34.0. The SMILES string of the molecule is CCCCCCCCCCC/C=C/C(O)C(COC1OC(CO)C(OC2OC(CO)C(OC3OC(CO)C(O)C(O)C3O)C(O)C2O)C(O)C1O)NC(=O)CCCCCCCCCC. The molecule has 0 radical (unpaired) electrons. The Bertz CT molecular complexity index is 1250. The number of aliphatic hydroxyl groups excluding tert-OH is 11. The van der Waals surface area contributed by atoms with Crippen molar-refractivity contribution in [1.82, 2.24) is 5.32 Å². The van der Waals surface area contributed by atoms with Crippen molar-refractivity contribution in [3.05, 3.63) is 12.2 Å². The standard InChI is InChI=1S/C45H83NO18/c1-3-5-7-9-11-13-14-15-16-18-20-22-29(50)28(46-33(51)23-21-19-17-12-10-8-6-4-2)27-59-43-39(57)36(54)41(31(25-48)61-43)64-45-40(58)37(55)42(32(26-49)62-45)63-44-38(56)35(53)34(52)30(24-47)60-44/h20,22,28-32,34-45,47-50,52-58H,3-19,21,23-27H2,1-2H3,(H,46,51)/b22-20+. The van der Waals surface area contributed by atoms with Crippen LogP contribution in [0.25, 0.3) is 0 Å². The summed E-state index contributed by atoms with van der Waals surface area (Å²) in [5.74, 6) is -0.284. The van der Waals surface area contributed by atoms with Crippen LogP contribution in [0.3, 0.4) is 0 Å². The number of aliphatic hydroxyl groups is 11. The maximum Gasteiger partial charge on any atom is 0.220 e. The topological polar surface area (TPSA) is 307 Å². The van der Waals surface area contributed by atoms with Crippen LogP contribution in [0.2, 0.25) is 0 Å². The average molecular weight is 926 g/mol. The molecule has 3 rings (SSSR count). The second kappa shape index (κ2) is 31.6. The highest BCUT2D eigenvalue weighted by atomic mass is 16.8. The minimum atomic E-state index is -1.97. The van der Waals surface area contributed by atoms with Gasteiger partial charge in [0.25, 0.3) is 0 Å². The minimum Gasteiger partial charge on any atom is -0.394 e. The first-order valence-corrected chi connectivity index (χ1v) is 23.9. The summed E-state index contributed by atoms with van der Waals surface area (Å²) in [5, 5.41) is 119. The molecular weight excluding hydrogens is 842 g/mol. The zero-order valence-corrected chi connectivity index (χ0v) is 38.0. The number of hydrogen-bond donors (Lipinski definition) is 12. The zero-order valence-electron chi connectivity index (χ0n) is 38.0. The molecule has 0 spiro atoms. The fourth-order valence-electron chi connectivity index (χ4n) is 8.25. The molecule has 3 aliphatic rings. The largest absolute Gasteiger partial charge is 0.394 e. The fourth-order valence-corrected chi connectivity index (χ4v) is 8.25. The van der Waals surface area contributed by atoms with E-state index in [0.29, 0.717) is 6.42 Å². The average Bonchev–Trinajstić information content (AvgIpc) is 3.29. The number of carbonyl (C=O) groups is 1. The molecule has 17 atom stereocenters. The monoisotopic (exact) mass is 926 g/mol. The van der Waals surface area contributed by atoms with E-state index in [2.05, 4.69) is 19.2 Å². The van der Waals surface area contributed by atoms with E-state index in [1.807, 2.05) is 6.08 Å². The van der Waals surface area contributed by atoms with E-state index in [-0.39, 0.29) is 18.9 Å². The first kappa shape index (κ1) is 56.9. The van der Waals surface area contributed by atoms with Gasteiger partial charge in [0.05, 0.1) is 38.6 Å². The van der Waals surface area contributed by atoms with E-state index >= 15 is 0 Å². The molecule has 3 fully saturated rings. The molecule has 0 aliphatic carbocycles. The van der Waals surface area contributed by atoms with Gasteiger partial charge in [-0.1, -0.05) is 122 Å². The Hall–Kier alpha value is -1.47. The second-order valence-corrected chi connectivity index (χ2v) is 17.6. The molecule has 3 saturated heterocycles. The summed E-state index contributed by atoms with van der Waals surface area (Å²) in [5.41, 5.74) is 0. The minimum absolute atomic E-state index is 0.245. The van der Waals surface area contributed by atoms with Crippen molar-refractivity contribution in [2.75, 3.05) is 26.4 Å². The molecule has 64 heavy (non-hydrogen) atoms. The molecule has 3 heterocycles. The summed E-state index contributed by atoms with van der Waals surface area (Å²) in [6.07, 6.45) is -3.18. The number of rotatable bonds is 32. The first-order valence-electron chi connectivity index (χ1n) is 23.9.